The zero-order valence-corrected chi connectivity index (χ0v) is 20.8. The molecule has 1 aliphatic heterocycles. The van der Waals surface area contributed by atoms with Crippen LogP contribution in [0.4, 0.5) is 5.69 Å². The maximum absolute atomic E-state index is 13.3. The van der Waals surface area contributed by atoms with Crippen LogP contribution in [0.2, 0.25) is 5.02 Å². The molecule has 0 spiro atoms. The average molecular weight is 523 g/mol. The molecule has 2 aromatic heterocycles. The number of para-hydroxylation sites is 2. The number of rotatable bonds is 9. The van der Waals surface area contributed by atoms with E-state index in [0.717, 1.165) is 44.7 Å². The van der Waals surface area contributed by atoms with E-state index in [4.69, 9.17) is 22.1 Å². The maximum atomic E-state index is 13.3. The highest BCUT2D eigenvalue weighted by atomic mass is 35.5. The molecule has 1 fully saturated rings. The largest absolute Gasteiger partial charge is 0.493 e. The molecule has 0 aliphatic carbocycles. The zero-order chi connectivity index (χ0) is 25.8. The van der Waals surface area contributed by atoms with Crippen LogP contribution in [0.25, 0.3) is 17.0 Å². The first-order valence-corrected chi connectivity index (χ1v) is 12.4. The number of halogens is 1. The van der Waals surface area contributed by atoms with E-state index < -0.39 is 11.8 Å². The van der Waals surface area contributed by atoms with E-state index in [9.17, 15) is 9.59 Å². The quantitative estimate of drug-likeness (QED) is 0.247. The highest BCUT2D eigenvalue weighted by molar-refractivity contribution is 6.34. The van der Waals surface area contributed by atoms with E-state index in [0.29, 0.717) is 34.5 Å². The number of benzene rings is 2. The van der Waals surface area contributed by atoms with Crippen molar-refractivity contribution >= 4 is 40.1 Å². The minimum atomic E-state index is -0.837. The standard InChI is InChI=1S/C25H27ClN8O3/c26-17-14-16(37-13-3-10-33-11-8-28-9-12-33)6-7-18(17)30-24(36)22-21(23(27)35)29-15-34(22)25-31-19-4-1-2-5-20(19)32-25/h1-2,4-7,14-15,28H,3,8-13H2,(H2,27,35)(H,30,36)(H,31,32). The fraction of sp³-hybridized carbons (Fsp3) is 0.280. The van der Waals surface area contributed by atoms with Gasteiger partial charge >= 0.3 is 0 Å². The molecule has 0 saturated carbocycles. The summed E-state index contributed by atoms with van der Waals surface area (Å²) in [6.45, 7) is 5.67. The van der Waals surface area contributed by atoms with Crippen LogP contribution in [0.1, 0.15) is 27.4 Å². The minimum absolute atomic E-state index is 0.0594. The first-order chi connectivity index (χ1) is 18.0. The molecule has 37 heavy (non-hydrogen) atoms. The lowest BCUT2D eigenvalue weighted by Gasteiger charge is -2.26. The summed E-state index contributed by atoms with van der Waals surface area (Å²) in [7, 11) is 0. The smallest absolute Gasteiger partial charge is 0.275 e. The SMILES string of the molecule is NC(=O)c1ncn(-c2nc3ccccc3[nH]2)c1C(=O)Nc1ccc(OCCCN2CCNCC2)cc1Cl. The number of aromatic nitrogens is 4. The topological polar surface area (TPSA) is 143 Å². The second-order valence-electron chi connectivity index (χ2n) is 8.64. The maximum Gasteiger partial charge on any atom is 0.275 e. The number of hydrogen-bond donors (Lipinski definition) is 4. The van der Waals surface area contributed by atoms with Gasteiger partial charge in [0.25, 0.3) is 11.8 Å². The molecule has 2 amide bonds. The Hall–Kier alpha value is -3.93. The summed E-state index contributed by atoms with van der Waals surface area (Å²) in [5, 5.41) is 6.37. The van der Waals surface area contributed by atoms with Crippen molar-refractivity contribution in [1.82, 2.24) is 29.7 Å². The Morgan fingerprint density at radius 3 is 2.73 bits per heavy atom. The summed E-state index contributed by atoms with van der Waals surface area (Å²) in [6, 6.07) is 12.4. The number of fused-ring (bicyclic) bond motifs is 1. The molecule has 2 aromatic carbocycles. The summed E-state index contributed by atoms with van der Waals surface area (Å²) in [6.07, 6.45) is 2.23. The van der Waals surface area contributed by atoms with Gasteiger partial charge in [-0.15, -0.1) is 0 Å². The van der Waals surface area contributed by atoms with E-state index >= 15 is 0 Å². The molecule has 0 unspecified atom stereocenters. The fourth-order valence-corrected chi connectivity index (χ4v) is 4.46. The van der Waals surface area contributed by atoms with E-state index in [2.05, 4.69) is 30.5 Å². The van der Waals surface area contributed by atoms with Crippen molar-refractivity contribution in [3.63, 3.8) is 0 Å². The molecule has 11 nitrogen and oxygen atoms in total. The second-order valence-corrected chi connectivity index (χ2v) is 9.05. The Morgan fingerprint density at radius 1 is 1.16 bits per heavy atom. The molecule has 12 heteroatoms. The molecule has 0 atom stereocenters. The number of carbonyl (C=O) groups excluding carboxylic acids is 2. The summed E-state index contributed by atoms with van der Waals surface area (Å²) < 4.78 is 7.23. The van der Waals surface area contributed by atoms with Gasteiger partial charge in [-0.25, -0.2) is 9.97 Å². The molecular weight excluding hydrogens is 496 g/mol. The van der Waals surface area contributed by atoms with E-state index in [1.165, 1.54) is 10.9 Å². The first kappa shape index (κ1) is 24.8. The Morgan fingerprint density at radius 2 is 1.97 bits per heavy atom. The van der Waals surface area contributed by atoms with Crippen molar-refractivity contribution in [2.75, 3.05) is 44.6 Å². The van der Waals surface area contributed by atoms with E-state index in [1.54, 1.807) is 18.2 Å². The normalized spacial score (nSPS) is 14.1. The Bertz CT molecular complexity index is 1390. The second kappa shape index (κ2) is 11.0. The van der Waals surface area contributed by atoms with Gasteiger partial charge in [0.05, 0.1) is 28.4 Å². The molecule has 5 rings (SSSR count). The number of ether oxygens (including phenoxy) is 1. The number of carbonyl (C=O) groups is 2. The van der Waals surface area contributed by atoms with Crippen molar-refractivity contribution in [2.45, 2.75) is 6.42 Å². The van der Waals surface area contributed by atoms with Crippen molar-refractivity contribution in [2.24, 2.45) is 5.73 Å². The van der Waals surface area contributed by atoms with Crippen LogP contribution in [0.5, 0.6) is 5.75 Å². The first-order valence-electron chi connectivity index (χ1n) is 12.0. The van der Waals surface area contributed by atoms with Crippen LogP contribution in [0.15, 0.2) is 48.8 Å². The van der Waals surface area contributed by atoms with Gasteiger partial charge in [0.1, 0.15) is 17.8 Å². The van der Waals surface area contributed by atoms with Gasteiger partial charge in [-0.3, -0.25) is 14.2 Å². The van der Waals surface area contributed by atoms with Gasteiger partial charge in [-0.05, 0) is 30.7 Å². The number of hydrogen-bond acceptors (Lipinski definition) is 7. The molecule has 0 bridgehead atoms. The van der Waals surface area contributed by atoms with Crippen molar-refractivity contribution < 1.29 is 14.3 Å². The Balaban J connectivity index is 1.28. The van der Waals surface area contributed by atoms with E-state index in [1.807, 2.05) is 24.3 Å². The fourth-order valence-electron chi connectivity index (χ4n) is 4.24. The molecule has 1 aliphatic rings. The van der Waals surface area contributed by atoms with Gasteiger partial charge in [-0.2, -0.15) is 0 Å². The third-order valence-corrected chi connectivity index (χ3v) is 6.42. The molecule has 0 radical (unpaired) electrons. The van der Waals surface area contributed by atoms with Crippen LogP contribution in [-0.2, 0) is 0 Å². The highest BCUT2D eigenvalue weighted by Gasteiger charge is 2.25. The van der Waals surface area contributed by atoms with Gasteiger partial charge < -0.3 is 31.0 Å². The number of nitrogens with two attached hydrogens (primary N) is 1. The number of aromatic amines is 1. The number of H-pyrrole nitrogens is 1. The summed E-state index contributed by atoms with van der Waals surface area (Å²) >= 11 is 6.44. The monoisotopic (exact) mass is 522 g/mol. The predicted octanol–water partition coefficient (Wildman–Crippen LogP) is 2.43. The molecule has 1 saturated heterocycles. The number of imidazole rings is 2. The van der Waals surface area contributed by atoms with Crippen LogP contribution in [0, 0.1) is 0 Å². The minimum Gasteiger partial charge on any atom is -0.493 e. The van der Waals surface area contributed by atoms with Gasteiger partial charge in [0, 0.05) is 38.8 Å². The number of nitrogens with zero attached hydrogens (tertiary/aromatic N) is 4. The number of piperazine rings is 1. The van der Waals surface area contributed by atoms with Crippen molar-refractivity contribution in [1.29, 1.82) is 0 Å². The van der Waals surface area contributed by atoms with Crippen LogP contribution in [0.3, 0.4) is 0 Å². The van der Waals surface area contributed by atoms with Gasteiger partial charge in [0.15, 0.2) is 5.69 Å². The lowest BCUT2D eigenvalue weighted by molar-refractivity contribution is 0.0971. The predicted molar refractivity (Wildman–Crippen MR) is 141 cm³/mol. The summed E-state index contributed by atoms with van der Waals surface area (Å²) in [5.41, 5.74) is 7.07. The molecule has 4 aromatic rings. The molecule has 192 valence electrons. The summed E-state index contributed by atoms with van der Waals surface area (Å²) in [4.78, 5) is 39.4. The third-order valence-electron chi connectivity index (χ3n) is 6.11. The molecular formula is C25H27ClN8O3. The highest BCUT2D eigenvalue weighted by Crippen LogP contribution is 2.28. The number of nitrogens with one attached hydrogen (secondary N) is 3. The lowest BCUT2D eigenvalue weighted by atomic mass is 10.2. The number of anilines is 1. The zero-order valence-electron chi connectivity index (χ0n) is 20.0. The van der Waals surface area contributed by atoms with Crippen LogP contribution in [-0.4, -0.2) is 75.6 Å². The Labute approximate surface area is 218 Å². The van der Waals surface area contributed by atoms with Crippen LogP contribution >= 0.6 is 11.6 Å². The van der Waals surface area contributed by atoms with Gasteiger partial charge in [0.2, 0.25) is 5.95 Å². The lowest BCUT2D eigenvalue weighted by Crippen LogP contribution is -2.43. The number of primary amides is 1. The Kier molecular flexibility index (Phi) is 7.35. The average Bonchev–Trinajstić information content (AvgIpc) is 3.53. The third kappa shape index (κ3) is 5.58. The number of amides is 2. The van der Waals surface area contributed by atoms with E-state index in [-0.39, 0.29) is 11.4 Å². The van der Waals surface area contributed by atoms with Gasteiger partial charge in [-0.1, -0.05) is 23.7 Å². The van der Waals surface area contributed by atoms with Crippen molar-refractivity contribution in [3.8, 4) is 11.7 Å². The molecule has 3 heterocycles. The summed E-state index contributed by atoms with van der Waals surface area (Å²) in [5.74, 6) is -0.524. The molecule has 5 N–H and O–H groups in total. The van der Waals surface area contributed by atoms with Crippen molar-refractivity contribution in [3.05, 3.63) is 65.2 Å². The van der Waals surface area contributed by atoms with Crippen LogP contribution < -0.4 is 21.1 Å².